The number of rotatable bonds is 3. The summed E-state index contributed by atoms with van der Waals surface area (Å²) >= 11 is 3.27. The van der Waals surface area contributed by atoms with Crippen LogP contribution in [0.2, 0.25) is 0 Å². The lowest BCUT2D eigenvalue weighted by Crippen LogP contribution is -2.16. The molecule has 1 aromatic rings. The number of hydrogen-bond donors (Lipinski definition) is 2. The summed E-state index contributed by atoms with van der Waals surface area (Å²) in [6.07, 6.45) is 5.78. The van der Waals surface area contributed by atoms with E-state index in [2.05, 4.69) is 26.2 Å². The lowest BCUT2D eigenvalue weighted by Gasteiger charge is -2.13. The number of fused-ring (bicyclic) bond motifs is 5. The molecule has 0 spiro atoms. The van der Waals surface area contributed by atoms with Crippen LogP contribution < -0.4 is 5.32 Å². The van der Waals surface area contributed by atoms with Crippen LogP contribution in [-0.4, -0.2) is 22.1 Å². The number of halogens is 1. The molecule has 0 aliphatic heterocycles. The van der Waals surface area contributed by atoms with Crippen molar-refractivity contribution in [1.82, 2.24) is 4.98 Å². The Hall–Kier alpha value is -1.10. The SMILES string of the molecule is O=C(O)c1cc(Br)cnc1NC1C2C3CCC(C3)C12. The van der Waals surface area contributed by atoms with E-state index >= 15 is 0 Å². The van der Waals surface area contributed by atoms with Gasteiger partial charge in [0.15, 0.2) is 0 Å². The third-order valence-electron chi connectivity index (χ3n) is 5.12. The van der Waals surface area contributed by atoms with Gasteiger partial charge in [0.1, 0.15) is 11.4 Å². The number of anilines is 1. The topological polar surface area (TPSA) is 62.2 Å². The van der Waals surface area contributed by atoms with Crippen LogP contribution in [0.3, 0.4) is 0 Å². The van der Waals surface area contributed by atoms with Crippen LogP contribution in [0, 0.1) is 23.7 Å². The van der Waals surface area contributed by atoms with Crippen LogP contribution in [-0.2, 0) is 0 Å². The monoisotopic (exact) mass is 322 g/mol. The van der Waals surface area contributed by atoms with Gasteiger partial charge in [-0.1, -0.05) is 0 Å². The Morgan fingerprint density at radius 1 is 1.37 bits per heavy atom. The zero-order valence-electron chi connectivity index (χ0n) is 10.3. The molecule has 5 heteroatoms. The molecule has 3 aliphatic carbocycles. The first-order valence-electron chi connectivity index (χ1n) is 6.80. The van der Waals surface area contributed by atoms with Gasteiger partial charge in [-0.05, 0) is 64.9 Å². The number of carboxylic acids is 1. The number of hydrogen-bond acceptors (Lipinski definition) is 3. The van der Waals surface area contributed by atoms with E-state index in [1.807, 2.05) is 0 Å². The highest BCUT2D eigenvalue weighted by Crippen LogP contribution is 2.66. The van der Waals surface area contributed by atoms with Crippen molar-refractivity contribution in [3.63, 3.8) is 0 Å². The molecule has 3 fully saturated rings. The van der Waals surface area contributed by atoms with Crippen molar-refractivity contribution in [2.24, 2.45) is 23.7 Å². The Morgan fingerprint density at radius 2 is 2.05 bits per heavy atom. The van der Waals surface area contributed by atoms with Gasteiger partial charge in [0.2, 0.25) is 0 Å². The Kier molecular flexibility index (Phi) is 2.43. The van der Waals surface area contributed by atoms with E-state index in [9.17, 15) is 9.90 Å². The zero-order chi connectivity index (χ0) is 13.1. The number of aromatic nitrogens is 1. The third-order valence-corrected chi connectivity index (χ3v) is 5.56. The van der Waals surface area contributed by atoms with E-state index in [0.717, 1.165) is 23.7 Å². The van der Waals surface area contributed by atoms with Gasteiger partial charge < -0.3 is 10.4 Å². The third kappa shape index (κ3) is 1.71. The van der Waals surface area contributed by atoms with Gasteiger partial charge in [0, 0.05) is 16.7 Å². The molecule has 4 nitrogen and oxygen atoms in total. The lowest BCUT2D eigenvalue weighted by atomic mass is 10.0. The number of nitrogens with zero attached hydrogens (tertiary/aromatic N) is 1. The number of aromatic carboxylic acids is 1. The summed E-state index contributed by atoms with van der Waals surface area (Å²) in [5.74, 6) is 2.88. The minimum Gasteiger partial charge on any atom is -0.478 e. The fourth-order valence-corrected chi connectivity index (χ4v) is 4.72. The van der Waals surface area contributed by atoms with Crippen molar-refractivity contribution in [3.8, 4) is 0 Å². The maximum atomic E-state index is 11.3. The number of nitrogens with one attached hydrogen (secondary N) is 1. The maximum absolute atomic E-state index is 11.3. The van der Waals surface area contributed by atoms with Crippen molar-refractivity contribution in [1.29, 1.82) is 0 Å². The van der Waals surface area contributed by atoms with Crippen LogP contribution in [0.1, 0.15) is 29.6 Å². The van der Waals surface area contributed by atoms with Gasteiger partial charge in [-0.25, -0.2) is 9.78 Å². The first-order valence-corrected chi connectivity index (χ1v) is 7.60. The number of carbonyl (C=O) groups is 1. The summed E-state index contributed by atoms with van der Waals surface area (Å²) in [5.41, 5.74) is 0.256. The molecule has 2 bridgehead atoms. The maximum Gasteiger partial charge on any atom is 0.339 e. The Morgan fingerprint density at radius 3 is 2.68 bits per heavy atom. The molecule has 4 rings (SSSR count). The van der Waals surface area contributed by atoms with Gasteiger partial charge in [-0.2, -0.15) is 0 Å². The second-order valence-corrected chi connectivity index (χ2v) is 6.93. The van der Waals surface area contributed by atoms with Crippen molar-refractivity contribution >= 4 is 27.7 Å². The molecular formula is C14H15BrN2O2. The summed E-state index contributed by atoms with van der Waals surface area (Å²) in [6, 6.07) is 2.07. The predicted octanol–water partition coefficient (Wildman–Crippen LogP) is 3.00. The minimum atomic E-state index is -0.926. The lowest BCUT2D eigenvalue weighted by molar-refractivity contribution is 0.0697. The van der Waals surface area contributed by atoms with Gasteiger partial charge in [-0.15, -0.1) is 0 Å². The molecule has 1 heterocycles. The Bertz CT molecular complexity index is 546. The van der Waals surface area contributed by atoms with Crippen LogP contribution in [0.5, 0.6) is 0 Å². The molecule has 0 aromatic carbocycles. The zero-order valence-corrected chi connectivity index (χ0v) is 11.9. The van der Waals surface area contributed by atoms with E-state index < -0.39 is 5.97 Å². The quantitative estimate of drug-likeness (QED) is 0.898. The van der Waals surface area contributed by atoms with Crippen LogP contribution in [0.4, 0.5) is 5.82 Å². The molecular weight excluding hydrogens is 308 g/mol. The van der Waals surface area contributed by atoms with E-state index in [-0.39, 0.29) is 5.56 Å². The summed E-state index contributed by atoms with van der Waals surface area (Å²) in [7, 11) is 0. The summed E-state index contributed by atoms with van der Waals surface area (Å²) in [5, 5.41) is 12.6. The molecule has 0 saturated heterocycles. The van der Waals surface area contributed by atoms with Gasteiger partial charge >= 0.3 is 5.97 Å². The average molecular weight is 323 g/mol. The van der Waals surface area contributed by atoms with E-state index in [0.29, 0.717) is 16.3 Å². The molecule has 19 heavy (non-hydrogen) atoms. The van der Waals surface area contributed by atoms with Gasteiger partial charge in [0.25, 0.3) is 0 Å². The highest BCUT2D eigenvalue weighted by atomic mass is 79.9. The van der Waals surface area contributed by atoms with Crippen molar-refractivity contribution in [2.75, 3.05) is 5.32 Å². The fraction of sp³-hybridized carbons (Fsp3) is 0.571. The van der Waals surface area contributed by atoms with Crippen LogP contribution in [0.25, 0.3) is 0 Å². The molecule has 100 valence electrons. The van der Waals surface area contributed by atoms with Gasteiger partial charge in [-0.3, -0.25) is 0 Å². The standard InChI is InChI=1S/C14H15BrN2O2/c15-8-4-9(14(18)19)13(16-5-8)17-12-10-6-1-2-7(3-6)11(10)12/h4-7,10-12H,1-3H2,(H,16,17)(H,18,19). The number of pyridine rings is 1. The molecule has 3 aliphatic rings. The fourth-order valence-electron chi connectivity index (χ4n) is 4.39. The molecule has 0 amide bonds. The summed E-state index contributed by atoms with van der Waals surface area (Å²) in [4.78, 5) is 15.5. The second-order valence-electron chi connectivity index (χ2n) is 6.01. The summed E-state index contributed by atoms with van der Waals surface area (Å²) in [6.45, 7) is 0. The first-order chi connectivity index (χ1) is 9.15. The minimum absolute atomic E-state index is 0.256. The average Bonchev–Trinajstić information content (AvgIpc) is 2.79. The normalized spacial score (nSPS) is 38.1. The van der Waals surface area contributed by atoms with E-state index in [4.69, 9.17) is 0 Å². The molecule has 4 unspecified atom stereocenters. The highest BCUT2D eigenvalue weighted by molar-refractivity contribution is 9.10. The van der Waals surface area contributed by atoms with Crippen molar-refractivity contribution in [3.05, 3.63) is 22.3 Å². The van der Waals surface area contributed by atoms with E-state index in [1.54, 1.807) is 12.3 Å². The molecule has 2 N–H and O–H groups in total. The van der Waals surface area contributed by atoms with Gasteiger partial charge in [0.05, 0.1) is 0 Å². The Balaban J connectivity index is 1.57. The van der Waals surface area contributed by atoms with Crippen LogP contribution in [0.15, 0.2) is 16.7 Å². The molecule has 0 radical (unpaired) electrons. The second kappa shape index (κ2) is 3.95. The molecule has 3 saturated carbocycles. The molecule has 4 atom stereocenters. The first kappa shape index (κ1) is 11.7. The predicted molar refractivity (Wildman–Crippen MR) is 74.1 cm³/mol. The van der Waals surface area contributed by atoms with Crippen molar-refractivity contribution < 1.29 is 9.90 Å². The molecule has 1 aromatic heterocycles. The van der Waals surface area contributed by atoms with Crippen molar-refractivity contribution in [2.45, 2.75) is 25.3 Å². The van der Waals surface area contributed by atoms with E-state index in [1.165, 1.54) is 19.3 Å². The smallest absolute Gasteiger partial charge is 0.339 e. The largest absolute Gasteiger partial charge is 0.478 e. The highest BCUT2D eigenvalue weighted by Gasteiger charge is 2.65. The van der Waals surface area contributed by atoms with Crippen LogP contribution >= 0.6 is 15.9 Å². The Labute approximate surface area is 119 Å². The summed E-state index contributed by atoms with van der Waals surface area (Å²) < 4.78 is 0.700. The number of carboxylic acid groups (broad SMARTS) is 1.